The van der Waals surface area contributed by atoms with E-state index in [9.17, 15) is 0 Å². The molecular weight excluding hydrogens is 156 g/mol. The molecule has 0 amide bonds. The molecule has 0 spiro atoms. The Morgan fingerprint density at radius 2 is 2.08 bits per heavy atom. The van der Waals surface area contributed by atoms with E-state index in [0.717, 1.165) is 0 Å². The van der Waals surface area contributed by atoms with E-state index in [1.807, 2.05) is 0 Å². The first kappa shape index (κ1) is 9.05. The third kappa shape index (κ3) is 1.87. The van der Waals surface area contributed by atoms with Gasteiger partial charge in [-0.15, -0.1) is 0 Å². The highest BCUT2D eigenvalue weighted by Crippen LogP contribution is 2.41. The van der Waals surface area contributed by atoms with Gasteiger partial charge in [-0.25, -0.2) is 0 Å². The molecule has 13 heavy (non-hydrogen) atoms. The van der Waals surface area contributed by atoms with Crippen LogP contribution in [0.15, 0.2) is 23.8 Å². The summed E-state index contributed by atoms with van der Waals surface area (Å²) in [5.74, 6) is 0. The van der Waals surface area contributed by atoms with Crippen molar-refractivity contribution < 1.29 is 0 Å². The predicted octanol–water partition coefficient (Wildman–Crippen LogP) is 4.23. The Morgan fingerprint density at radius 3 is 2.69 bits per heavy atom. The second kappa shape index (κ2) is 3.69. The van der Waals surface area contributed by atoms with Crippen LogP contribution < -0.4 is 0 Å². The fraction of sp³-hybridized carbons (Fsp3) is 0.692. The van der Waals surface area contributed by atoms with E-state index in [0.29, 0.717) is 5.41 Å². The number of allylic oxidation sites excluding steroid dienone is 4. The SMILES string of the molecule is CC1(C2=CCCCC2)C=CCCC1. The van der Waals surface area contributed by atoms with Crippen molar-refractivity contribution in [1.29, 1.82) is 0 Å². The molecule has 72 valence electrons. The molecule has 0 nitrogen and oxygen atoms in total. The van der Waals surface area contributed by atoms with Gasteiger partial charge in [0.2, 0.25) is 0 Å². The zero-order valence-corrected chi connectivity index (χ0v) is 8.68. The topological polar surface area (TPSA) is 0 Å². The smallest absolute Gasteiger partial charge is 0.00625 e. The summed E-state index contributed by atoms with van der Waals surface area (Å²) >= 11 is 0. The van der Waals surface area contributed by atoms with Gasteiger partial charge in [0.1, 0.15) is 0 Å². The van der Waals surface area contributed by atoms with Crippen molar-refractivity contribution in [3.05, 3.63) is 23.8 Å². The second-order valence-electron chi connectivity index (χ2n) is 4.69. The molecule has 0 radical (unpaired) electrons. The third-order valence-corrected chi connectivity index (χ3v) is 3.58. The zero-order chi connectivity index (χ0) is 9.15. The summed E-state index contributed by atoms with van der Waals surface area (Å²) in [5.41, 5.74) is 2.15. The molecule has 0 bridgehead atoms. The molecule has 0 saturated heterocycles. The first-order valence-corrected chi connectivity index (χ1v) is 5.68. The average molecular weight is 176 g/mol. The quantitative estimate of drug-likeness (QED) is 0.524. The van der Waals surface area contributed by atoms with Crippen molar-refractivity contribution in [1.82, 2.24) is 0 Å². The lowest BCUT2D eigenvalue weighted by molar-refractivity contribution is 0.406. The minimum Gasteiger partial charge on any atom is -0.0877 e. The Bertz CT molecular complexity index is 234. The standard InChI is InChI=1S/C13H20/c1-13(10-6-3-7-11-13)12-8-4-2-5-9-12/h6,8,10H,2-5,7,9,11H2,1H3. The fourth-order valence-electron chi connectivity index (χ4n) is 2.64. The summed E-state index contributed by atoms with van der Waals surface area (Å²) in [6.07, 6.45) is 16.9. The van der Waals surface area contributed by atoms with Crippen LogP contribution >= 0.6 is 0 Å². The van der Waals surface area contributed by atoms with Crippen LogP contribution in [-0.2, 0) is 0 Å². The molecule has 0 aromatic rings. The molecule has 1 atom stereocenters. The largest absolute Gasteiger partial charge is 0.0877 e. The van der Waals surface area contributed by atoms with Crippen LogP contribution in [0.5, 0.6) is 0 Å². The molecule has 2 rings (SSSR count). The van der Waals surface area contributed by atoms with Crippen molar-refractivity contribution in [2.45, 2.75) is 51.9 Å². The van der Waals surface area contributed by atoms with Gasteiger partial charge < -0.3 is 0 Å². The minimum absolute atomic E-state index is 0.429. The monoisotopic (exact) mass is 176 g/mol. The van der Waals surface area contributed by atoms with Gasteiger partial charge in [0.05, 0.1) is 0 Å². The molecule has 0 N–H and O–H groups in total. The van der Waals surface area contributed by atoms with Crippen LogP contribution in [0.25, 0.3) is 0 Å². The Hall–Kier alpha value is -0.520. The molecule has 0 aromatic heterocycles. The maximum Gasteiger partial charge on any atom is 0.00625 e. The van der Waals surface area contributed by atoms with E-state index in [2.05, 4.69) is 25.2 Å². The van der Waals surface area contributed by atoms with E-state index >= 15 is 0 Å². The summed E-state index contributed by atoms with van der Waals surface area (Å²) in [5, 5.41) is 0. The molecule has 0 aromatic carbocycles. The predicted molar refractivity (Wildman–Crippen MR) is 57.6 cm³/mol. The third-order valence-electron chi connectivity index (χ3n) is 3.58. The highest BCUT2D eigenvalue weighted by molar-refractivity contribution is 5.23. The van der Waals surface area contributed by atoms with Gasteiger partial charge >= 0.3 is 0 Å². The summed E-state index contributed by atoms with van der Waals surface area (Å²) in [4.78, 5) is 0. The second-order valence-corrected chi connectivity index (χ2v) is 4.69. The van der Waals surface area contributed by atoms with Crippen LogP contribution in [0, 0.1) is 5.41 Å². The number of rotatable bonds is 1. The van der Waals surface area contributed by atoms with Crippen LogP contribution in [0.2, 0.25) is 0 Å². The first-order chi connectivity index (χ1) is 6.31. The maximum atomic E-state index is 2.50. The van der Waals surface area contributed by atoms with E-state index in [1.165, 1.54) is 44.9 Å². The summed E-state index contributed by atoms with van der Waals surface area (Å²) < 4.78 is 0. The lowest BCUT2D eigenvalue weighted by atomic mass is 9.71. The van der Waals surface area contributed by atoms with Gasteiger partial charge in [-0.1, -0.05) is 30.7 Å². The van der Waals surface area contributed by atoms with Crippen molar-refractivity contribution >= 4 is 0 Å². The van der Waals surface area contributed by atoms with Gasteiger partial charge in [-0.05, 0) is 44.9 Å². The van der Waals surface area contributed by atoms with Crippen LogP contribution in [0.4, 0.5) is 0 Å². The van der Waals surface area contributed by atoms with Crippen LogP contribution in [0.3, 0.4) is 0 Å². The lowest BCUT2D eigenvalue weighted by Crippen LogP contribution is -2.20. The van der Waals surface area contributed by atoms with Crippen molar-refractivity contribution in [2.75, 3.05) is 0 Å². The molecular formula is C13H20. The summed E-state index contributed by atoms with van der Waals surface area (Å²) in [6.45, 7) is 2.42. The van der Waals surface area contributed by atoms with Crippen molar-refractivity contribution in [3.63, 3.8) is 0 Å². The highest BCUT2D eigenvalue weighted by Gasteiger charge is 2.27. The Labute approximate surface area is 81.7 Å². The average Bonchev–Trinajstić information content (AvgIpc) is 2.20. The van der Waals surface area contributed by atoms with Gasteiger partial charge in [-0.2, -0.15) is 0 Å². The number of hydrogen-bond donors (Lipinski definition) is 0. The Kier molecular flexibility index (Phi) is 2.57. The summed E-state index contributed by atoms with van der Waals surface area (Å²) in [6, 6.07) is 0. The zero-order valence-electron chi connectivity index (χ0n) is 8.68. The Balaban J connectivity index is 2.16. The van der Waals surface area contributed by atoms with Gasteiger partial charge in [0, 0.05) is 5.41 Å². The van der Waals surface area contributed by atoms with Crippen LogP contribution in [0.1, 0.15) is 51.9 Å². The molecule has 0 fully saturated rings. The molecule has 0 heterocycles. The van der Waals surface area contributed by atoms with Crippen molar-refractivity contribution in [3.8, 4) is 0 Å². The molecule has 0 heteroatoms. The Morgan fingerprint density at radius 1 is 1.15 bits per heavy atom. The van der Waals surface area contributed by atoms with Gasteiger partial charge in [0.15, 0.2) is 0 Å². The van der Waals surface area contributed by atoms with Crippen molar-refractivity contribution in [2.24, 2.45) is 5.41 Å². The highest BCUT2D eigenvalue weighted by atomic mass is 14.3. The van der Waals surface area contributed by atoms with E-state index in [-0.39, 0.29) is 0 Å². The minimum atomic E-state index is 0.429. The molecule has 2 aliphatic carbocycles. The molecule has 2 aliphatic rings. The molecule has 0 saturated carbocycles. The van der Waals surface area contributed by atoms with Gasteiger partial charge in [0.25, 0.3) is 0 Å². The maximum absolute atomic E-state index is 2.50. The van der Waals surface area contributed by atoms with E-state index < -0.39 is 0 Å². The molecule has 1 unspecified atom stereocenters. The normalized spacial score (nSPS) is 34.4. The summed E-state index contributed by atoms with van der Waals surface area (Å²) in [7, 11) is 0. The fourth-order valence-corrected chi connectivity index (χ4v) is 2.64. The first-order valence-electron chi connectivity index (χ1n) is 5.68. The van der Waals surface area contributed by atoms with E-state index in [1.54, 1.807) is 5.57 Å². The lowest BCUT2D eigenvalue weighted by Gasteiger charge is -2.33. The molecule has 0 aliphatic heterocycles. The van der Waals surface area contributed by atoms with Crippen LogP contribution in [-0.4, -0.2) is 0 Å². The van der Waals surface area contributed by atoms with E-state index in [4.69, 9.17) is 0 Å². The number of hydrogen-bond acceptors (Lipinski definition) is 0. The van der Waals surface area contributed by atoms with Gasteiger partial charge in [-0.3, -0.25) is 0 Å².